The van der Waals surface area contributed by atoms with Crippen molar-refractivity contribution >= 4 is 28.7 Å². The quantitative estimate of drug-likeness (QED) is 0.228. The molecule has 0 spiro atoms. The third-order valence-corrected chi connectivity index (χ3v) is 7.38. The van der Waals surface area contributed by atoms with Crippen LogP contribution in [0.4, 0.5) is 10.5 Å². The molecule has 7 nitrogen and oxygen atoms in total. The molecule has 0 bridgehead atoms. The molecule has 0 saturated carbocycles. The Balaban J connectivity index is 1.41. The van der Waals surface area contributed by atoms with E-state index in [1.54, 1.807) is 0 Å². The molecule has 41 heavy (non-hydrogen) atoms. The van der Waals surface area contributed by atoms with Gasteiger partial charge in [0.15, 0.2) is 0 Å². The van der Waals surface area contributed by atoms with Gasteiger partial charge in [-0.1, -0.05) is 55.8 Å². The van der Waals surface area contributed by atoms with E-state index < -0.39 is 5.60 Å². The first kappa shape index (κ1) is 28.4. The summed E-state index contributed by atoms with van der Waals surface area (Å²) in [7, 11) is 0. The Kier molecular flexibility index (Phi) is 8.43. The van der Waals surface area contributed by atoms with Gasteiger partial charge in [-0.15, -0.1) is 0 Å². The van der Waals surface area contributed by atoms with Crippen LogP contribution in [0.15, 0.2) is 66.7 Å². The Bertz CT molecular complexity index is 1530. The Labute approximate surface area is 242 Å². The SMILES string of the molecule is CCCCc1nc2ccc(NC(=O)N3CCCC3)cc2n1Cc1ccc(-c2ccccc2C(=O)OC(C)(C)C)cc1. The number of aryl methyl sites for hydroxylation is 1. The van der Waals surface area contributed by atoms with Gasteiger partial charge in [0.25, 0.3) is 0 Å². The monoisotopic (exact) mass is 552 g/mol. The number of carbonyl (C=O) groups is 2. The average molecular weight is 553 g/mol. The minimum Gasteiger partial charge on any atom is -0.456 e. The van der Waals surface area contributed by atoms with Gasteiger partial charge in [-0.3, -0.25) is 0 Å². The molecule has 214 valence electrons. The number of imidazole rings is 1. The Hall–Kier alpha value is -4.13. The lowest BCUT2D eigenvalue weighted by Gasteiger charge is -2.20. The van der Waals surface area contributed by atoms with Gasteiger partial charge in [-0.2, -0.15) is 0 Å². The second-order valence-electron chi connectivity index (χ2n) is 11.8. The maximum Gasteiger partial charge on any atom is 0.339 e. The van der Waals surface area contributed by atoms with Crippen molar-refractivity contribution in [3.8, 4) is 11.1 Å². The first-order chi connectivity index (χ1) is 19.7. The molecule has 1 N–H and O–H groups in total. The van der Waals surface area contributed by atoms with Crippen molar-refractivity contribution in [2.45, 2.75) is 71.9 Å². The second-order valence-corrected chi connectivity index (χ2v) is 11.8. The van der Waals surface area contributed by atoms with Crippen LogP contribution in [0.1, 0.15) is 75.1 Å². The van der Waals surface area contributed by atoms with Crippen molar-refractivity contribution in [3.63, 3.8) is 0 Å². The normalized spacial score (nSPS) is 13.5. The fourth-order valence-electron chi connectivity index (χ4n) is 5.29. The standard InChI is InChI=1S/C34H40N4O3/c1-5-6-13-31-36-29-19-18-26(35-33(40)37-20-9-10-21-37)22-30(29)38(31)23-24-14-16-25(17-15-24)27-11-7-8-12-28(27)32(39)41-34(2,3)4/h7-8,11-12,14-19,22H,5-6,9-10,13,20-21,23H2,1-4H3,(H,35,40). The van der Waals surface area contributed by atoms with E-state index >= 15 is 0 Å². The number of likely N-dealkylation sites (tertiary alicyclic amines) is 1. The number of nitrogens with zero attached hydrogens (tertiary/aromatic N) is 3. The highest BCUT2D eigenvalue weighted by Crippen LogP contribution is 2.28. The van der Waals surface area contributed by atoms with Gasteiger partial charge >= 0.3 is 12.0 Å². The van der Waals surface area contributed by atoms with Crippen molar-refractivity contribution in [3.05, 3.63) is 83.7 Å². The summed E-state index contributed by atoms with van der Waals surface area (Å²) in [5.41, 5.74) is 5.66. The van der Waals surface area contributed by atoms with E-state index in [1.807, 2.05) is 68.1 Å². The molecule has 2 amide bonds. The number of nitrogens with one attached hydrogen (secondary N) is 1. The van der Waals surface area contributed by atoms with Crippen LogP contribution in [0, 0.1) is 0 Å². The molecule has 0 aliphatic carbocycles. The molecule has 1 fully saturated rings. The van der Waals surface area contributed by atoms with Crippen molar-refractivity contribution in [2.75, 3.05) is 18.4 Å². The number of aromatic nitrogens is 2. The Morgan fingerprint density at radius 1 is 0.976 bits per heavy atom. The third-order valence-electron chi connectivity index (χ3n) is 7.38. The predicted octanol–water partition coefficient (Wildman–Crippen LogP) is 7.68. The van der Waals surface area contributed by atoms with E-state index in [1.165, 1.54) is 0 Å². The highest BCUT2D eigenvalue weighted by atomic mass is 16.6. The number of hydrogen-bond donors (Lipinski definition) is 1. The van der Waals surface area contributed by atoms with Crippen molar-refractivity contribution in [1.29, 1.82) is 0 Å². The lowest BCUT2D eigenvalue weighted by Crippen LogP contribution is -2.32. The minimum absolute atomic E-state index is 0.0404. The van der Waals surface area contributed by atoms with Crippen LogP contribution in [0.25, 0.3) is 22.2 Å². The fourth-order valence-corrected chi connectivity index (χ4v) is 5.29. The summed E-state index contributed by atoms with van der Waals surface area (Å²) in [6.45, 7) is 10.1. The van der Waals surface area contributed by atoms with E-state index in [2.05, 4.69) is 41.1 Å². The third kappa shape index (κ3) is 6.79. The Morgan fingerprint density at radius 3 is 2.41 bits per heavy atom. The summed E-state index contributed by atoms with van der Waals surface area (Å²) < 4.78 is 7.91. The van der Waals surface area contributed by atoms with Crippen molar-refractivity contribution < 1.29 is 14.3 Å². The number of carbonyl (C=O) groups excluding carboxylic acids is 2. The highest BCUT2D eigenvalue weighted by Gasteiger charge is 2.21. The summed E-state index contributed by atoms with van der Waals surface area (Å²) in [4.78, 5) is 32.4. The molecule has 0 atom stereocenters. The zero-order valence-corrected chi connectivity index (χ0v) is 24.6. The molecule has 4 aromatic rings. The topological polar surface area (TPSA) is 76.5 Å². The summed E-state index contributed by atoms with van der Waals surface area (Å²) in [5, 5.41) is 3.08. The molecular weight excluding hydrogens is 512 g/mol. The van der Waals surface area contributed by atoms with E-state index in [9.17, 15) is 9.59 Å². The maximum atomic E-state index is 12.9. The van der Waals surface area contributed by atoms with Gasteiger partial charge in [0.1, 0.15) is 11.4 Å². The summed E-state index contributed by atoms with van der Waals surface area (Å²) >= 11 is 0. The van der Waals surface area contributed by atoms with Gasteiger partial charge in [-0.25, -0.2) is 14.6 Å². The lowest BCUT2D eigenvalue weighted by atomic mass is 9.98. The summed E-state index contributed by atoms with van der Waals surface area (Å²) in [6, 6.07) is 21.8. The van der Waals surface area contributed by atoms with Gasteiger partial charge in [0.05, 0.1) is 16.6 Å². The molecule has 5 rings (SSSR count). The number of unbranched alkanes of at least 4 members (excludes halogenated alkanes) is 1. The number of esters is 1. The van der Waals surface area contributed by atoms with Crippen LogP contribution in [-0.2, 0) is 17.7 Å². The van der Waals surface area contributed by atoms with E-state index in [0.29, 0.717) is 12.1 Å². The molecule has 2 heterocycles. The van der Waals surface area contributed by atoms with Crippen LogP contribution in [-0.4, -0.2) is 45.1 Å². The molecule has 1 aliphatic heterocycles. The molecular formula is C34H40N4O3. The number of ether oxygens (including phenoxy) is 1. The van der Waals surface area contributed by atoms with Gasteiger partial charge < -0.3 is 19.5 Å². The largest absolute Gasteiger partial charge is 0.456 e. The number of benzene rings is 3. The molecule has 1 saturated heterocycles. The van der Waals surface area contributed by atoms with Crippen LogP contribution in [0.2, 0.25) is 0 Å². The molecule has 3 aromatic carbocycles. The molecule has 1 aromatic heterocycles. The van der Waals surface area contributed by atoms with Gasteiger partial charge in [-0.05, 0) is 81.0 Å². The first-order valence-electron chi connectivity index (χ1n) is 14.7. The average Bonchev–Trinajstić information content (AvgIpc) is 3.60. The maximum absolute atomic E-state index is 12.9. The highest BCUT2D eigenvalue weighted by molar-refractivity contribution is 5.97. The van der Waals surface area contributed by atoms with Crippen LogP contribution in [0.3, 0.4) is 0 Å². The Morgan fingerprint density at radius 2 is 1.71 bits per heavy atom. The lowest BCUT2D eigenvalue weighted by molar-refractivity contribution is 0.00704. The number of amides is 2. The second kappa shape index (κ2) is 12.2. The van der Waals surface area contributed by atoms with Crippen LogP contribution in [0.5, 0.6) is 0 Å². The zero-order valence-electron chi connectivity index (χ0n) is 24.6. The van der Waals surface area contributed by atoms with E-state index in [-0.39, 0.29) is 12.0 Å². The molecule has 0 unspecified atom stereocenters. The van der Waals surface area contributed by atoms with E-state index in [0.717, 1.165) is 84.4 Å². The summed E-state index contributed by atoms with van der Waals surface area (Å²) in [6.07, 6.45) is 5.16. The number of anilines is 1. The first-order valence-corrected chi connectivity index (χ1v) is 14.7. The van der Waals surface area contributed by atoms with Crippen molar-refractivity contribution in [2.24, 2.45) is 0 Å². The smallest absolute Gasteiger partial charge is 0.339 e. The summed E-state index contributed by atoms with van der Waals surface area (Å²) in [5.74, 6) is 0.722. The molecule has 1 aliphatic rings. The number of fused-ring (bicyclic) bond motifs is 1. The van der Waals surface area contributed by atoms with Gasteiger partial charge in [0.2, 0.25) is 0 Å². The predicted molar refractivity (Wildman–Crippen MR) is 164 cm³/mol. The van der Waals surface area contributed by atoms with E-state index in [4.69, 9.17) is 9.72 Å². The molecule has 0 radical (unpaired) electrons. The van der Waals surface area contributed by atoms with Crippen LogP contribution >= 0.6 is 0 Å². The van der Waals surface area contributed by atoms with Gasteiger partial charge in [0, 0.05) is 31.7 Å². The number of rotatable bonds is 8. The number of urea groups is 1. The van der Waals surface area contributed by atoms with Crippen LogP contribution < -0.4 is 5.32 Å². The molecule has 7 heteroatoms. The minimum atomic E-state index is -0.562. The number of hydrogen-bond acceptors (Lipinski definition) is 4. The van der Waals surface area contributed by atoms with Crippen molar-refractivity contribution in [1.82, 2.24) is 14.5 Å². The zero-order chi connectivity index (χ0) is 29.0. The fraction of sp³-hybridized carbons (Fsp3) is 0.382.